The van der Waals surface area contributed by atoms with Crippen LogP contribution in [0.4, 0.5) is 0 Å². The number of aromatic nitrogens is 1. The normalized spacial score (nSPS) is 11.1. The molecule has 1 amide bonds. The highest BCUT2D eigenvalue weighted by Gasteiger charge is 2.05. The molecule has 0 aliphatic rings. The number of primary amides is 1. The minimum absolute atomic E-state index is 0.283. The number of nitrogens with one attached hydrogen (secondary N) is 1. The second kappa shape index (κ2) is 3.63. The monoisotopic (exact) mass is 224 g/mol. The molecule has 0 fully saturated rings. The molecule has 3 aromatic rings. The van der Waals surface area contributed by atoms with Gasteiger partial charge in [0.25, 0.3) is 0 Å². The maximum absolute atomic E-state index is 10.9. The molecule has 17 heavy (non-hydrogen) atoms. The van der Waals surface area contributed by atoms with Gasteiger partial charge in [-0.15, -0.1) is 0 Å². The Morgan fingerprint density at radius 3 is 2.65 bits per heavy atom. The van der Waals surface area contributed by atoms with E-state index in [1.807, 2.05) is 36.4 Å². The van der Waals surface area contributed by atoms with Crippen molar-refractivity contribution in [3.8, 4) is 0 Å². The van der Waals surface area contributed by atoms with E-state index in [1.165, 1.54) is 10.8 Å². The molecule has 0 aliphatic heterocycles. The number of hydrogen-bond acceptors (Lipinski definition) is 1. The summed E-state index contributed by atoms with van der Waals surface area (Å²) in [6.07, 6.45) is 0.283. The van der Waals surface area contributed by atoms with Crippen molar-refractivity contribution in [1.82, 2.24) is 4.98 Å². The Morgan fingerprint density at radius 2 is 1.82 bits per heavy atom. The quantitative estimate of drug-likeness (QED) is 0.689. The Hall–Kier alpha value is -2.29. The highest BCUT2D eigenvalue weighted by molar-refractivity contribution is 6.07. The second-order valence-corrected chi connectivity index (χ2v) is 4.19. The highest BCUT2D eigenvalue weighted by Crippen LogP contribution is 2.25. The van der Waals surface area contributed by atoms with Gasteiger partial charge in [-0.1, -0.05) is 30.3 Å². The Morgan fingerprint density at radius 1 is 1.06 bits per heavy atom. The molecule has 1 heterocycles. The van der Waals surface area contributed by atoms with Gasteiger partial charge in [0, 0.05) is 21.8 Å². The number of para-hydroxylation sites is 1. The molecule has 0 saturated heterocycles. The Labute approximate surface area is 98.2 Å². The van der Waals surface area contributed by atoms with E-state index in [1.54, 1.807) is 0 Å². The van der Waals surface area contributed by atoms with Crippen LogP contribution in [0.15, 0.2) is 42.5 Å². The van der Waals surface area contributed by atoms with Crippen LogP contribution in [0.2, 0.25) is 0 Å². The molecule has 0 spiro atoms. The molecule has 0 unspecified atom stereocenters. The molecule has 0 saturated carbocycles. The zero-order valence-corrected chi connectivity index (χ0v) is 9.23. The largest absolute Gasteiger partial charge is 0.369 e. The van der Waals surface area contributed by atoms with Gasteiger partial charge < -0.3 is 10.7 Å². The average molecular weight is 224 g/mol. The van der Waals surface area contributed by atoms with Crippen molar-refractivity contribution in [2.24, 2.45) is 5.73 Å². The van der Waals surface area contributed by atoms with Gasteiger partial charge >= 0.3 is 0 Å². The van der Waals surface area contributed by atoms with Gasteiger partial charge in [0.15, 0.2) is 0 Å². The first-order valence-electron chi connectivity index (χ1n) is 5.52. The van der Waals surface area contributed by atoms with Crippen molar-refractivity contribution in [2.75, 3.05) is 0 Å². The molecular weight excluding hydrogens is 212 g/mol. The van der Waals surface area contributed by atoms with Crippen LogP contribution in [0.25, 0.3) is 21.8 Å². The summed E-state index contributed by atoms with van der Waals surface area (Å²) in [6, 6.07) is 14.1. The lowest BCUT2D eigenvalue weighted by Crippen LogP contribution is -2.13. The van der Waals surface area contributed by atoms with Gasteiger partial charge in [0.1, 0.15) is 0 Å². The Bertz CT molecular complexity index is 712. The number of aromatic amines is 1. The average Bonchev–Trinajstić information content (AvgIpc) is 2.65. The summed E-state index contributed by atoms with van der Waals surface area (Å²) in [5.41, 5.74) is 8.29. The van der Waals surface area contributed by atoms with Crippen molar-refractivity contribution in [3.63, 3.8) is 0 Å². The van der Waals surface area contributed by atoms with Gasteiger partial charge in [-0.2, -0.15) is 0 Å². The van der Waals surface area contributed by atoms with Crippen molar-refractivity contribution in [1.29, 1.82) is 0 Å². The number of fused-ring (bicyclic) bond motifs is 3. The lowest BCUT2D eigenvalue weighted by molar-refractivity contribution is -0.117. The minimum atomic E-state index is -0.305. The number of hydrogen-bond donors (Lipinski definition) is 2. The van der Waals surface area contributed by atoms with Crippen LogP contribution in [-0.2, 0) is 11.2 Å². The van der Waals surface area contributed by atoms with E-state index in [0.717, 1.165) is 16.6 Å². The molecule has 0 bridgehead atoms. The van der Waals surface area contributed by atoms with E-state index in [4.69, 9.17) is 5.73 Å². The molecule has 3 rings (SSSR count). The summed E-state index contributed by atoms with van der Waals surface area (Å²) in [5.74, 6) is -0.305. The predicted octanol–water partition coefficient (Wildman–Crippen LogP) is 2.35. The molecular formula is C14H12N2O. The standard InChI is InChI=1S/C14H12N2O/c15-14(17)8-9-5-6-11-10-3-1-2-4-12(10)16-13(11)7-9/h1-7,16H,8H2,(H2,15,17). The third kappa shape index (κ3) is 1.65. The smallest absolute Gasteiger partial charge is 0.221 e. The van der Waals surface area contributed by atoms with Crippen molar-refractivity contribution in [3.05, 3.63) is 48.0 Å². The number of H-pyrrole nitrogens is 1. The topological polar surface area (TPSA) is 58.9 Å². The van der Waals surface area contributed by atoms with Gasteiger partial charge in [-0.25, -0.2) is 0 Å². The van der Waals surface area contributed by atoms with Crippen LogP contribution in [0.1, 0.15) is 5.56 Å². The third-order valence-electron chi connectivity index (χ3n) is 2.95. The molecule has 0 radical (unpaired) electrons. The van der Waals surface area contributed by atoms with Gasteiger partial charge in [0.2, 0.25) is 5.91 Å². The number of rotatable bonds is 2. The minimum Gasteiger partial charge on any atom is -0.369 e. The second-order valence-electron chi connectivity index (χ2n) is 4.19. The number of carbonyl (C=O) groups is 1. The Balaban J connectivity index is 2.23. The van der Waals surface area contributed by atoms with E-state index in [-0.39, 0.29) is 12.3 Å². The third-order valence-corrected chi connectivity index (χ3v) is 2.95. The SMILES string of the molecule is NC(=O)Cc1ccc2c(c1)[nH]c1ccccc12. The molecule has 3 N–H and O–H groups in total. The van der Waals surface area contributed by atoms with Crippen LogP contribution in [0, 0.1) is 0 Å². The summed E-state index contributed by atoms with van der Waals surface area (Å²) in [4.78, 5) is 14.2. The first-order chi connectivity index (χ1) is 8.24. The van der Waals surface area contributed by atoms with Crippen LogP contribution in [0.5, 0.6) is 0 Å². The molecule has 2 aromatic carbocycles. The first-order valence-corrected chi connectivity index (χ1v) is 5.52. The van der Waals surface area contributed by atoms with Crippen LogP contribution in [-0.4, -0.2) is 10.9 Å². The molecule has 3 heteroatoms. The number of carbonyl (C=O) groups excluding carboxylic acids is 1. The lowest BCUT2D eigenvalue weighted by Gasteiger charge is -1.97. The van der Waals surface area contributed by atoms with Gasteiger partial charge in [-0.3, -0.25) is 4.79 Å². The first kappa shape index (κ1) is 9.90. The van der Waals surface area contributed by atoms with Crippen LogP contribution in [0.3, 0.4) is 0 Å². The molecule has 0 aliphatic carbocycles. The number of amides is 1. The van der Waals surface area contributed by atoms with E-state index >= 15 is 0 Å². The van der Waals surface area contributed by atoms with Crippen molar-refractivity contribution < 1.29 is 4.79 Å². The fourth-order valence-electron chi connectivity index (χ4n) is 2.21. The summed E-state index contributed by atoms with van der Waals surface area (Å²) in [5, 5.41) is 2.38. The molecule has 1 aromatic heterocycles. The summed E-state index contributed by atoms with van der Waals surface area (Å²) >= 11 is 0. The van der Waals surface area contributed by atoms with Crippen molar-refractivity contribution in [2.45, 2.75) is 6.42 Å². The number of nitrogens with two attached hydrogens (primary N) is 1. The van der Waals surface area contributed by atoms with E-state index in [2.05, 4.69) is 11.1 Å². The summed E-state index contributed by atoms with van der Waals surface area (Å²) in [6.45, 7) is 0. The van der Waals surface area contributed by atoms with E-state index in [9.17, 15) is 4.79 Å². The molecule has 84 valence electrons. The summed E-state index contributed by atoms with van der Waals surface area (Å²) in [7, 11) is 0. The van der Waals surface area contributed by atoms with E-state index in [0.29, 0.717) is 0 Å². The zero-order valence-electron chi connectivity index (χ0n) is 9.23. The lowest BCUT2D eigenvalue weighted by atomic mass is 10.1. The van der Waals surface area contributed by atoms with E-state index < -0.39 is 0 Å². The van der Waals surface area contributed by atoms with Gasteiger partial charge in [-0.05, 0) is 17.7 Å². The van der Waals surface area contributed by atoms with Crippen LogP contribution < -0.4 is 5.73 Å². The highest BCUT2D eigenvalue weighted by atomic mass is 16.1. The van der Waals surface area contributed by atoms with Crippen LogP contribution >= 0.6 is 0 Å². The fourth-order valence-corrected chi connectivity index (χ4v) is 2.21. The summed E-state index contributed by atoms with van der Waals surface area (Å²) < 4.78 is 0. The maximum atomic E-state index is 10.9. The predicted molar refractivity (Wildman–Crippen MR) is 68.7 cm³/mol. The zero-order chi connectivity index (χ0) is 11.8. The maximum Gasteiger partial charge on any atom is 0.221 e. The number of benzene rings is 2. The van der Waals surface area contributed by atoms with Crippen molar-refractivity contribution >= 4 is 27.7 Å². The fraction of sp³-hybridized carbons (Fsp3) is 0.0714. The van der Waals surface area contributed by atoms with Gasteiger partial charge in [0.05, 0.1) is 6.42 Å². The Kier molecular flexibility index (Phi) is 2.11. The molecule has 3 nitrogen and oxygen atoms in total. The molecule has 0 atom stereocenters.